The number of nitrogens with zero attached hydrogens (tertiary/aromatic N) is 2. The Morgan fingerprint density at radius 3 is 2.95 bits per heavy atom. The van der Waals surface area contributed by atoms with Gasteiger partial charge in [-0.1, -0.05) is 6.07 Å². The Hall–Kier alpha value is -0.580. The summed E-state index contributed by atoms with van der Waals surface area (Å²) >= 11 is 3.66. The van der Waals surface area contributed by atoms with Crippen LogP contribution in [0.3, 0.4) is 0 Å². The summed E-state index contributed by atoms with van der Waals surface area (Å²) in [5.74, 6) is 0. The Morgan fingerprint density at radius 1 is 1.37 bits per heavy atom. The first-order valence-electron chi connectivity index (χ1n) is 7.09. The highest BCUT2D eigenvalue weighted by Gasteiger charge is 2.34. The summed E-state index contributed by atoms with van der Waals surface area (Å²) < 4.78 is 1.09. The number of anilines is 1. The van der Waals surface area contributed by atoms with Crippen LogP contribution in [0.4, 0.5) is 5.69 Å². The molecule has 3 nitrogen and oxygen atoms in total. The van der Waals surface area contributed by atoms with Crippen molar-refractivity contribution in [1.29, 1.82) is 0 Å². The summed E-state index contributed by atoms with van der Waals surface area (Å²) in [6.45, 7) is 5.97. The van der Waals surface area contributed by atoms with Gasteiger partial charge in [-0.05, 0) is 59.9 Å². The van der Waals surface area contributed by atoms with Gasteiger partial charge in [0.2, 0.25) is 0 Å². The van der Waals surface area contributed by atoms with Crippen LogP contribution in [0.2, 0.25) is 0 Å². The van der Waals surface area contributed by atoms with Gasteiger partial charge in [-0.15, -0.1) is 0 Å². The summed E-state index contributed by atoms with van der Waals surface area (Å²) in [5, 5.41) is 9.20. The van der Waals surface area contributed by atoms with Gasteiger partial charge in [0, 0.05) is 29.6 Å². The molecule has 1 aromatic rings. The molecule has 3 rings (SSSR count). The molecule has 0 bridgehead atoms. The normalized spacial score (nSPS) is 27.6. The standard InChI is InChI=1S/C15H21BrN2O/c1-11-8-17-6-2-3-13(17)9-18(11)15-5-4-12(10-19)7-14(15)16/h4-5,7,11,13,19H,2-3,6,8-10H2,1H3. The van der Waals surface area contributed by atoms with Crippen LogP contribution in [0.15, 0.2) is 22.7 Å². The molecule has 2 saturated heterocycles. The van der Waals surface area contributed by atoms with Crippen molar-refractivity contribution in [3.8, 4) is 0 Å². The largest absolute Gasteiger partial charge is 0.392 e. The van der Waals surface area contributed by atoms with Crippen molar-refractivity contribution in [2.75, 3.05) is 24.5 Å². The van der Waals surface area contributed by atoms with Crippen LogP contribution in [0.1, 0.15) is 25.3 Å². The van der Waals surface area contributed by atoms with E-state index in [2.05, 4.69) is 38.7 Å². The second kappa shape index (κ2) is 5.43. The molecular weight excluding hydrogens is 304 g/mol. The van der Waals surface area contributed by atoms with Crippen LogP contribution in [0.25, 0.3) is 0 Å². The zero-order valence-electron chi connectivity index (χ0n) is 11.3. The molecule has 19 heavy (non-hydrogen) atoms. The highest BCUT2D eigenvalue weighted by atomic mass is 79.9. The summed E-state index contributed by atoms with van der Waals surface area (Å²) in [6, 6.07) is 7.46. The van der Waals surface area contributed by atoms with Crippen LogP contribution in [-0.4, -0.2) is 41.7 Å². The van der Waals surface area contributed by atoms with Crippen LogP contribution in [0.5, 0.6) is 0 Å². The van der Waals surface area contributed by atoms with Crippen molar-refractivity contribution in [1.82, 2.24) is 4.90 Å². The van der Waals surface area contributed by atoms with E-state index >= 15 is 0 Å². The lowest BCUT2D eigenvalue weighted by Gasteiger charge is -2.44. The molecule has 0 saturated carbocycles. The first-order chi connectivity index (χ1) is 9.19. The maximum absolute atomic E-state index is 9.20. The van der Waals surface area contributed by atoms with Crippen LogP contribution in [-0.2, 0) is 6.61 Å². The number of aliphatic hydroxyl groups excluding tert-OH is 1. The lowest BCUT2D eigenvalue weighted by atomic mass is 10.1. The summed E-state index contributed by atoms with van der Waals surface area (Å²) in [4.78, 5) is 5.15. The predicted molar refractivity (Wildman–Crippen MR) is 81.5 cm³/mol. The minimum atomic E-state index is 0.102. The van der Waals surface area contributed by atoms with Gasteiger partial charge >= 0.3 is 0 Å². The molecule has 0 radical (unpaired) electrons. The minimum absolute atomic E-state index is 0.102. The molecule has 2 aliphatic rings. The van der Waals surface area contributed by atoms with Crippen molar-refractivity contribution < 1.29 is 5.11 Å². The van der Waals surface area contributed by atoms with Crippen molar-refractivity contribution in [2.24, 2.45) is 0 Å². The second-order valence-corrected chi connectivity index (χ2v) is 6.59. The number of benzene rings is 1. The monoisotopic (exact) mass is 324 g/mol. The zero-order valence-corrected chi connectivity index (χ0v) is 12.9. The van der Waals surface area contributed by atoms with E-state index in [0.717, 1.165) is 22.6 Å². The van der Waals surface area contributed by atoms with E-state index < -0.39 is 0 Å². The third kappa shape index (κ3) is 2.54. The van der Waals surface area contributed by atoms with Gasteiger partial charge in [0.15, 0.2) is 0 Å². The van der Waals surface area contributed by atoms with Crippen molar-refractivity contribution in [2.45, 2.75) is 38.5 Å². The van der Waals surface area contributed by atoms with Crippen molar-refractivity contribution >= 4 is 21.6 Å². The topological polar surface area (TPSA) is 26.7 Å². The Kier molecular flexibility index (Phi) is 3.83. The molecule has 0 spiro atoms. The van der Waals surface area contributed by atoms with Gasteiger partial charge in [0.25, 0.3) is 0 Å². The average Bonchev–Trinajstić information content (AvgIpc) is 2.85. The number of piperazine rings is 1. The first kappa shape index (κ1) is 13.4. The number of halogens is 1. The van der Waals surface area contributed by atoms with Gasteiger partial charge in [-0.25, -0.2) is 0 Å². The molecule has 1 N–H and O–H groups in total. The van der Waals surface area contributed by atoms with Crippen LogP contribution in [0, 0.1) is 0 Å². The number of rotatable bonds is 2. The van der Waals surface area contributed by atoms with Crippen molar-refractivity contribution in [3.63, 3.8) is 0 Å². The quantitative estimate of drug-likeness (QED) is 0.905. The van der Waals surface area contributed by atoms with E-state index in [1.54, 1.807) is 0 Å². The van der Waals surface area contributed by atoms with Crippen LogP contribution < -0.4 is 4.90 Å². The van der Waals surface area contributed by atoms with E-state index in [1.807, 2.05) is 12.1 Å². The van der Waals surface area contributed by atoms with E-state index in [0.29, 0.717) is 6.04 Å². The average molecular weight is 325 g/mol. The molecule has 2 unspecified atom stereocenters. The third-order valence-corrected chi connectivity index (χ3v) is 5.08. The summed E-state index contributed by atoms with van der Waals surface area (Å²) in [5.41, 5.74) is 2.22. The van der Waals surface area contributed by atoms with Gasteiger partial charge in [-0.2, -0.15) is 0 Å². The smallest absolute Gasteiger partial charge is 0.0682 e. The summed E-state index contributed by atoms with van der Waals surface area (Å²) in [6.07, 6.45) is 2.67. The number of hydrogen-bond donors (Lipinski definition) is 1. The maximum atomic E-state index is 9.20. The molecule has 4 heteroatoms. The van der Waals surface area contributed by atoms with Crippen LogP contribution >= 0.6 is 15.9 Å². The zero-order chi connectivity index (χ0) is 13.4. The fraction of sp³-hybridized carbons (Fsp3) is 0.600. The number of aliphatic hydroxyl groups is 1. The van der Waals surface area contributed by atoms with E-state index in [4.69, 9.17) is 0 Å². The second-order valence-electron chi connectivity index (χ2n) is 5.74. The molecule has 1 aromatic carbocycles. The minimum Gasteiger partial charge on any atom is -0.392 e. The lowest BCUT2D eigenvalue weighted by Crippen LogP contribution is -2.55. The fourth-order valence-corrected chi connectivity index (χ4v) is 4.06. The lowest BCUT2D eigenvalue weighted by molar-refractivity contribution is 0.203. The molecule has 0 aliphatic carbocycles. The Balaban J connectivity index is 1.84. The fourth-order valence-electron chi connectivity index (χ4n) is 3.40. The number of hydrogen-bond acceptors (Lipinski definition) is 3. The summed E-state index contributed by atoms with van der Waals surface area (Å²) in [7, 11) is 0. The Labute approximate surface area is 123 Å². The molecule has 2 aliphatic heterocycles. The van der Waals surface area contributed by atoms with E-state index in [-0.39, 0.29) is 6.61 Å². The molecule has 2 atom stereocenters. The van der Waals surface area contributed by atoms with Gasteiger partial charge in [0.05, 0.1) is 12.3 Å². The molecule has 2 heterocycles. The molecule has 0 aromatic heterocycles. The maximum Gasteiger partial charge on any atom is 0.0682 e. The molecule has 0 amide bonds. The first-order valence-corrected chi connectivity index (χ1v) is 7.88. The van der Waals surface area contributed by atoms with Gasteiger partial charge in [-0.3, -0.25) is 4.90 Å². The highest BCUT2D eigenvalue weighted by molar-refractivity contribution is 9.10. The van der Waals surface area contributed by atoms with E-state index in [1.165, 1.54) is 31.6 Å². The van der Waals surface area contributed by atoms with Gasteiger partial charge < -0.3 is 10.0 Å². The third-order valence-electron chi connectivity index (χ3n) is 4.44. The number of fused-ring (bicyclic) bond motifs is 1. The SMILES string of the molecule is CC1CN2CCCC2CN1c1ccc(CO)cc1Br. The highest BCUT2D eigenvalue weighted by Crippen LogP contribution is 2.33. The molecule has 2 fully saturated rings. The molecule has 104 valence electrons. The Morgan fingerprint density at radius 2 is 2.21 bits per heavy atom. The predicted octanol–water partition coefficient (Wildman–Crippen LogP) is 2.61. The van der Waals surface area contributed by atoms with E-state index in [9.17, 15) is 5.11 Å². The molecular formula is C15H21BrN2O. The Bertz CT molecular complexity index is 465. The van der Waals surface area contributed by atoms with Crippen molar-refractivity contribution in [3.05, 3.63) is 28.2 Å². The van der Waals surface area contributed by atoms with Gasteiger partial charge in [0.1, 0.15) is 0 Å².